The minimum atomic E-state index is -0.799. The molecule has 1 unspecified atom stereocenters. The number of hydrogen-bond acceptors (Lipinski definition) is 2. The molecule has 0 spiro atoms. The average Bonchev–Trinajstić information content (AvgIpc) is 2.32. The monoisotopic (exact) mass is 268 g/mol. The number of carbonyl (C=O) groups excluding carboxylic acids is 1. The van der Waals surface area contributed by atoms with E-state index in [0.717, 1.165) is 13.0 Å². The molecule has 2 rings (SSSR count). The third kappa shape index (κ3) is 3.01. The van der Waals surface area contributed by atoms with Gasteiger partial charge in [-0.05, 0) is 38.5 Å². The minimum Gasteiger partial charge on any atom is -0.481 e. The highest BCUT2D eigenvalue weighted by Gasteiger charge is 2.40. The van der Waals surface area contributed by atoms with Gasteiger partial charge in [-0.15, -0.1) is 0 Å². The second-order valence-electron chi connectivity index (χ2n) is 6.35. The van der Waals surface area contributed by atoms with E-state index in [1.165, 1.54) is 19.3 Å². The van der Waals surface area contributed by atoms with Gasteiger partial charge in [0.15, 0.2) is 0 Å². The van der Waals surface area contributed by atoms with E-state index in [9.17, 15) is 14.7 Å². The number of likely N-dealkylation sites (tertiary alicyclic amines) is 1. The van der Waals surface area contributed by atoms with E-state index in [-0.39, 0.29) is 6.03 Å². The topological polar surface area (TPSA) is 60.9 Å². The number of piperidine rings is 1. The van der Waals surface area contributed by atoms with Crippen LogP contribution < -0.4 is 0 Å². The van der Waals surface area contributed by atoms with Crippen LogP contribution in [0.25, 0.3) is 0 Å². The summed E-state index contributed by atoms with van der Waals surface area (Å²) in [4.78, 5) is 27.1. The number of aliphatic carboxylic acids is 1. The molecule has 0 radical (unpaired) electrons. The van der Waals surface area contributed by atoms with Crippen molar-refractivity contribution in [3.63, 3.8) is 0 Å². The Hall–Kier alpha value is -1.26. The number of rotatable bonds is 3. The van der Waals surface area contributed by atoms with E-state index in [2.05, 4.69) is 0 Å². The van der Waals surface area contributed by atoms with E-state index in [0.29, 0.717) is 25.4 Å². The fourth-order valence-electron chi connectivity index (χ4n) is 2.96. The normalized spacial score (nSPS) is 27.8. The maximum atomic E-state index is 12.3. The van der Waals surface area contributed by atoms with Crippen LogP contribution in [0, 0.1) is 11.3 Å². The summed E-state index contributed by atoms with van der Waals surface area (Å²) in [7, 11) is 1.83. The highest BCUT2D eigenvalue weighted by Crippen LogP contribution is 2.31. The molecule has 2 aliphatic rings. The van der Waals surface area contributed by atoms with Gasteiger partial charge in [0.2, 0.25) is 0 Å². The fourth-order valence-corrected chi connectivity index (χ4v) is 2.96. The molecule has 0 aromatic carbocycles. The van der Waals surface area contributed by atoms with Crippen molar-refractivity contribution in [3.8, 4) is 0 Å². The zero-order valence-electron chi connectivity index (χ0n) is 11.9. The van der Waals surface area contributed by atoms with Gasteiger partial charge < -0.3 is 14.9 Å². The molecule has 1 aliphatic carbocycles. The van der Waals surface area contributed by atoms with Crippen molar-refractivity contribution in [1.82, 2.24) is 9.80 Å². The number of carboxylic acids is 1. The molecule has 1 saturated heterocycles. The molecule has 0 aromatic heterocycles. The second-order valence-corrected chi connectivity index (χ2v) is 6.35. The van der Waals surface area contributed by atoms with E-state index in [4.69, 9.17) is 0 Å². The summed E-state index contributed by atoms with van der Waals surface area (Å²) in [5.41, 5.74) is -0.786. The Morgan fingerprint density at radius 2 is 2.05 bits per heavy atom. The van der Waals surface area contributed by atoms with Crippen LogP contribution in [-0.2, 0) is 4.79 Å². The van der Waals surface area contributed by atoms with Gasteiger partial charge in [0.1, 0.15) is 0 Å². The van der Waals surface area contributed by atoms with Gasteiger partial charge in [0.05, 0.1) is 5.41 Å². The second kappa shape index (κ2) is 5.39. The van der Waals surface area contributed by atoms with E-state index >= 15 is 0 Å². The average molecular weight is 268 g/mol. The number of carbonyl (C=O) groups is 2. The third-order valence-electron chi connectivity index (χ3n) is 4.57. The van der Waals surface area contributed by atoms with Crippen LogP contribution in [0.4, 0.5) is 4.79 Å². The highest BCUT2D eigenvalue weighted by atomic mass is 16.4. The number of carboxylic acid groups (broad SMARTS) is 1. The minimum absolute atomic E-state index is 0.0147. The van der Waals surface area contributed by atoms with Gasteiger partial charge in [0.25, 0.3) is 0 Å². The van der Waals surface area contributed by atoms with Crippen molar-refractivity contribution >= 4 is 12.0 Å². The molecule has 1 aliphatic heterocycles. The molecule has 2 amide bonds. The Morgan fingerprint density at radius 3 is 2.58 bits per heavy atom. The summed E-state index contributed by atoms with van der Waals surface area (Å²) < 4.78 is 0. The third-order valence-corrected chi connectivity index (χ3v) is 4.57. The van der Waals surface area contributed by atoms with Crippen LogP contribution in [-0.4, -0.2) is 53.6 Å². The molecule has 1 saturated carbocycles. The van der Waals surface area contributed by atoms with Crippen LogP contribution in [0.2, 0.25) is 0 Å². The van der Waals surface area contributed by atoms with Crippen LogP contribution in [0.3, 0.4) is 0 Å². The lowest BCUT2D eigenvalue weighted by atomic mass is 9.82. The molecule has 0 aromatic rings. The van der Waals surface area contributed by atoms with Crippen LogP contribution in [0.1, 0.15) is 39.0 Å². The van der Waals surface area contributed by atoms with Crippen LogP contribution in [0.15, 0.2) is 0 Å². The predicted molar refractivity (Wildman–Crippen MR) is 71.9 cm³/mol. The fraction of sp³-hybridized carbons (Fsp3) is 0.857. The first kappa shape index (κ1) is 14.2. The van der Waals surface area contributed by atoms with Gasteiger partial charge in [0, 0.05) is 26.7 Å². The molecule has 1 atom stereocenters. The Balaban J connectivity index is 1.92. The van der Waals surface area contributed by atoms with Gasteiger partial charge in [-0.2, -0.15) is 0 Å². The summed E-state index contributed by atoms with van der Waals surface area (Å²) in [5.74, 6) is -0.156. The lowest BCUT2D eigenvalue weighted by Crippen LogP contribution is -2.52. The number of amides is 2. The molecule has 5 heteroatoms. The van der Waals surface area contributed by atoms with Gasteiger partial charge in [-0.3, -0.25) is 4.79 Å². The van der Waals surface area contributed by atoms with Crippen LogP contribution >= 0.6 is 0 Å². The van der Waals surface area contributed by atoms with Crippen molar-refractivity contribution in [2.24, 2.45) is 11.3 Å². The summed E-state index contributed by atoms with van der Waals surface area (Å²) in [6.07, 6.45) is 5.12. The number of hydrogen-bond donors (Lipinski definition) is 1. The van der Waals surface area contributed by atoms with E-state index in [1.807, 2.05) is 7.05 Å². The molecule has 19 heavy (non-hydrogen) atoms. The molecule has 1 N–H and O–H groups in total. The quantitative estimate of drug-likeness (QED) is 0.852. The summed E-state index contributed by atoms with van der Waals surface area (Å²) in [6, 6.07) is -0.0147. The highest BCUT2D eigenvalue weighted by molar-refractivity contribution is 5.78. The summed E-state index contributed by atoms with van der Waals surface area (Å²) in [6.45, 7) is 3.55. The molecule has 0 bridgehead atoms. The SMILES string of the molecule is CN(CC1CCC1)C(=O)N1CCCC(C)(C(=O)O)C1. The molecule has 108 valence electrons. The lowest BCUT2D eigenvalue weighted by Gasteiger charge is -2.40. The van der Waals surface area contributed by atoms with Crippen molar-refractivity contribution in [2.75, 3.05) is 26.7 Å². The first-order chi connectivity index (χ1) is 8.92. The Kier molecular flexibility index (Phi) is 4.02. The first-order valence-corrected chi connectivity index (χ1v) is 7.16. The van der Waals surface area contributed by atoms with Crippen molar-refractivity contribution in [3.05, 3.63) is 0 Å². The van der Waals surface area contributed by atoms with Gasteiger partial charge in [-0.1, -0.05) is 6.42 Å². The lowest BCUT2D eigenvalue weighted by molar-refractivity contribution is -0.150. The molecule has 5 nitrogen and oxygen atoms in total. The maximum absolute atomic E-state index is 12.3. The smallest absolute Gasteiger partial charge is 0.319 e. The molecule has 1 heterocycles. The first-order valence-electron chi connectivity index (χ1n) is 7.16. The Morgan fingerprint density at radius 1 is 1.37 bits per heavy atom. The number of urea groups is 1. The molecular formula is C14H24N2O3. The van der Waals surface area contributed by atoms with E-state index in [1.54, 1.807) is 16.7 Å². The van der Waals surface area contributed by atoms with E-state index < -0.39 is 11.4 Å². The zero-order valence-corrected chi connectivity index (χ0v) is 11.9. The predicted octanol–water partition coefficient (Wildman–Crippen LogP) is 2.03. The maximum Gasteiger partial charge on any atom is 0.319 e. The van der Waals surface area contributed by atoms with Crippen LogP contribution in [0.5, 0.6) is 0 Å². The van der Waals surface area contributed by atoms with Crippen molar-refractivity contribution in [2.45, 2.75) is 39.0 Å². The van der Waals surface area contributed by atoms with Crippen molar-refractivity contribution < 1.29 is 14.7 Å². The van der Waals surface area contributed by atoms with Gasteiger partial charge >= 0.3 is 12.0 Å². The zero-order chi connectivity index (χ0) is 14.0. The molecule has 2 fully saturated rings. The van der Waals surface area contributed by atoms with Gasteiger partial charge in [-0.25, -0.2) is 4.79 Å². The number of nitrogens with zero attached hydrogens (tertiary/aromatic N) is 2. The van der Waals surface area contributed by atoms with Crippen molar-refractivity contribution in [1.29, 1.82) is 0 Å². The standard InChI is InChI=1S/C14H24N2O3/c1-14(12(17)18)7-4-8-16(10-14)13(19)15(2)9-11-5-3-6-11/h11H,3-10H2,1-2H3,(H,17,18). The summed E-state index contributed by atoms with van der Waals surface area (Å²) >= 11 is 0. The Bertz CT molecular complexity index is 368. The largest absolute Gasteiger partial charge is 0.481 e. The summed E-state index contributed by atoms with van der Waals surface area (Å²) in [5, 5.41) is 9.28. The Labute approximate surface area is 114 Å². The molecular weight excluding hydrogens is 244 g/mol.